The molecule has 0 aromatic rings. The van der Waals surface area contributed by atoms with E-state index < -0.39 is 34.3 Å². The molecule has 0 aromatic heterocycles. The highest BCUT2D eigenvalue weighted by Gasteiger charge is 2.63. The van der Waals surface area contributed by atoms with Gasteiger partial charge in [0.15, 0.2) is 28.7 Å². The molecular weight excluding hydrogens is 416 g/mol. The number of ether oxygens (including phenoxy) is 4. The maximum atomic E-state index is 6.64. The monoisotopic (exact) mass is 462 g/mol. The smallest absolute Gasteiger partial charge is 0.192 e. The Morgan fingerprint density at radius 1 is 0.767 bits per heavy atom. The molecule has 0 spiro atoms. The molecule has 30 heavy (non-hydrogen) atoms. The minimum atomic E-state index is -2.00. The van der Waals surface area contributed by atoms with Crippen LogP contribution in [0.5, 0.6) is 0 Å². The van der Waals surface area contributed by atoms with Crippen LogP contribution in [0.2, 0.25) is 36.3 Å². The third-order valence-corrected chi connectivity index (χ3v) is 16.4. The molecule has 2 rings (SSSR count). The Labute approximate surface area is 186 Å². The number of fused-ring (bicyclic) bond motifs is 1. The normalized spacial score (nSPS) is 29.3. The van der Waals surface area contributed by atoms with E-state index in [2.05, 4.69) is 67.7 Å². The average molecular weight is 463 g/mol. The van der Waals surface area contributed by atoms with Gasteiger partial charge in [-0.25, -0.2) is 0 Å². The highest BCUT2D eigenvalue weighted by Crippen LogP contribution is 2.46. The van der Waals surface area contributed by atoms with Crippen LogP contribution in [0.15, 0.2) is 0 Å². The van der Waals surface area contributed by atoms with E-state index in [1.807, 2.05) is 13.8 Å². The topological polar surface area (TPSA) is 55.4 Å². The molecule has 0 aliphatic carbocycles. The first-order chi connectivity index (χ1) is 13.3. The summed E-state index contributed by atoms with van der Waals surface area (Å²) in [6, 6.07) is 0. The summed E-state index contributed by atoms with van der Waals surface area (Å²) in [7, 11) is -2.29. The fraction of sp³-hybridized carbons (Fsp3) is 1.00. The van der Waals surface area contributed by atoms with Gasteiger partial charge in [0.05, 0.1) is 13.2 Å². The molecule has 0 radical (unpaired) electrons. The van der Waals surface area contributed by atoms with Crippen molar-refractivity contribution in [3.05, 3.63) is 0 Å². The van der Waals surface area contributed by atoms with Crippen molar-refractivity contribution in [1.82, 2.24) is 0 Å². The van der Waals surface area contributed by atoms with Crippen LogP contribution in [0, 0.1) is 0 Å². The van der Waals surface area contributed by atoms with Crippen molar-refractivity contribution in [2.24, 2.45) is 0 Å². The van der Waals surface area contributed by atoms with Crippen molar-refractivity contribution in [3.8, 4) is 0 Å². The van der Waals surface area contributed by atoms with Crippen molar-refractivity contribution >= 4 is 16.6 Å². The Morgan fingerprint density at radius 3 is 1.57 bits per heavy atom. The molecule has 0 amide bonds. The number of hydrogen-bond donors (Lipinski definition) is 0. The van der Waals surface area contributed by atoms with E-state index in [1.54, 1.807) is 7.11 Å². The first-order valence-electron chi connectivity index (χ1n) is 11.1. The Kier molecular flexibility index (Phi) is 7.23. The number of hydrogen-bond acceptors (Lipinski definition) is 6. The lowest BCUT2D eigenvalue weighted by atomic mass is 9.97. The highest BCUT2D eigenvalue weighted by atomic mass is 28.4. The molecule has 0 bridgehead atoms. The Bertz CT molecular complexity index is 576. The zero-order chi connectivity index (χ0) is 23.4. The van der Waals surface area contributed by atoms with Gasteiger partial charge in [0, 0.05) is 7.11 Å². The lowest BCUT2D eigenvalue weighted by Gasteiger charge is -2.44. The molecule has 2 saturated heterocycles. The lowest BCUT2D eigenvalue weighted by molar-refractivity contribution is -0.252. The molecule has 8 heteroatoms. The summed E-state index contributed by atoms with van der Waals surface area (Å²) in [5.41, 5.74) is -0.772. The second-order valence-corrected chi connectivity index (χ2v) is 22.0. The summed E-state index contributed by atoms with van der Waals surface area (Å²) in [4.78, 5) is 0. The molecule has 2 fully saturated rings. The number of methoxy groups -OCH3 is 1. The third kappa shape index (κ3) is 5.22. The first-order valence-corrected chi connectivity index (χ1v) is 16.9. The van der Waals surface area contributed by atoms with Crippen molar-refractivity contribution in [2.45, 2.75) is 122 Å². The van der Waals surface area contributed by atoms with Gasteiger partial charge in [-0.3, -0.25) is 0 Å². The minimum Gasteiger partial charge on any atom is -0.414 e. The van der Waals surface area contributed by atoms with Gasteiger partial charge in [-0.1, -0.05) is 41.5 Å². The molecule has 178 valence electrons. The van der Waals surface area contributed by atoms with E-state index in [-0.39, 0.29) is 22.3 Å². The molecule has 2 heterocycles. The van der Waals surface area contributed by atoms with E-state index >= 15 is 0 Å². The summed E-state index contributed by atoms with van der Waals surface area (Å²) in [6.07, 6.45) is -1.13. The van der Waals surface area contributed by atoms with E-state index in [0.29, 0.717) is 13.2 Å². The van der Waals surface area contributed by atoms with Crippen molar-refractivity contribution in [3.63, 3.8) is 0 Å². The fourth-order valence-corrected chi connectivity index (χ4v) is 5.39. The van der Waals surface area contributed by atoms with Gasteiger partial charge in [0.1, 0.15) is 17.8 Å². The zero-order valence-electron chi connectivity index (χ0n) is 21.6. The minimum absolute atomic E-state index is 0.0977. The van der Waals surface area contributed by atoms with Crippen LogP contribution in [0.1, 0.15) is 55.4 Å². The largest absolute Gasteiger partial charge is 0.414 e. The molecule has 2 aliphatic rings. The molecular formula is C22H46O6Si2. The van der Waals surface area contributed by atoms with Gasteiger partial charge >= 0.3 is 0 Å². The maximum absolute atomic E-state index is 6.64. The Balaban J connectivity index is 2.32. The zero-order valence-corrected chi connectivity index (χ0v) is 23.6. The van der Waals surface area contributed by atoms with Crippen molar-refractivity contribution in [2.75, 3.05) is 20.3 Å². The van der Waals surface area contributed by atoms with Crippen LogP contribution >= 0.6 is 0 Å². The predicted octanol–water partition coefficient (Wildman–Crippen LogP) is 5.29. The summed E-state index contributed by atoms with van der Waals surface area (Å²) in [6.45, 7) is 27.1. The standard InChI is InChI=1S/C22H46O6Si2/c1-19(2,3)29(10,11)24-14-22(15-25-30(12,13)20(4,5)6)17(23-9)16-18(28-22)27-21(7,8)26-16/h16-18H,14-15H2,1-13H3/t16-,17-,18+/m1/s1. The SMILES string of the molecule is CO[C@@H]1[C@H]2OC(C)(C)O[C@H]2OC1(CO[Si](C)(C)C(C)(C)C)CO[Si](C)(C)C(C)(C)C. The predicted molar refractivity (Wildman–Crippen MR) is 125 cm³/mol. The Morgan fingerprint density at radius 2 is 1.20 bits per heavy atom. The van der Waals surface area contributed by atoms with Crippen molar-refractivity contribution in [1.29, 1.82) is 0 Å². The lowest BCUT2D eigenvalue weighted by Crippen LogP contribution is -2.57. The van der Waals surface area contributed by atoms with E-state index in [1.165, 1.54) is 0 Å². The van der Waals surface area contributed by atoms with Crippen LogP contribution in [0.4, 0.5) is 0 Å². The van der Waals surface area contributed by atoms with Crippen LogP contribution in [0.25, 0.3) is 0 Å². The van der Waals surface area contributed by atoms with Crippen molar-refractivity contribution < 1.29 is 27.8 Å². The van der Waals surface area contributed by atoms with Gasteiger partial charge < -0.3 is 27.8 Å². The van der Waals surface area contributed by atoms with Gasteiger partial charge in [0.25, 0.3) is 0 Å². The first kappa shape index (κ1) is 26.4. The molecule has 0 aromatic carbocycles. The van der Waals surface area contributed by atoms with Crippen LogP contribution in [-0.4, -0.2) is 66.8 Å². The average Bonchev–Trinajstić information content (AvgIpc) is 2.97. The fourth-order valence-electron chi connectivity index (χ4n) is 3.31. The van der Waals surface area contributed by atoms with E-state index in [4.69, 9.17) is 27.8 Å². The van der Waals surface area contributed by atoms with Gasteiger partial charge in [-0.15, -0.1) is 0 Å². The molecule has 0 saturated carbocycles. The summed E-state index contributed by atoms with van der Waals surface area (Å²) >= 11 is 0. The van der Waals surface area contributed by atoms with Gasteiger partial charge in [-0.05, 0) is 50.1 Å². The quantitative estimate of drug-likeness (QED) is 0.479. The molecule has 0 N–H and O–H groups in total. The molecule has 6 nitrogen and oxygen atoms in total. The van der Waals surface area contributed by atoms with Gasteiger partial charge in [-0.2, -0.15) is 0 Å². The summed E-state index contributed by atoms with van der Waals surface area (Å²) < 4.78 is 38.0. The summed E-state index contributed by atoms with van der Waals surface area (Å²) in [5.74, 6) is -0.696. The maximum Gasteiger partial charge on any atom is 0.192 e. The van der Waals surface area contributed by atoms with Gasteiger partial charge in [0.2, 0.25) is 0 Å². The molecule has 3 atom stereocenters. The van der Waals surface area contributed by atoms with Crippen LogP contribution in [0.3, 0.4) is 0 Å². The second-order valence-electron chi connectivity index (χ2n) is 12.4. The van der Waals surface area contributed by atoms with Crippen LogP contribution < -0.4 is 0 Å². The second kappa shape index (κ2) is 8.20. The Hall–Kier alpha value is 0.194. The third-order valence-electron chi connectivity index (χ3n) is 7.48. The molecule has 0 unspecified atom stereocenters. The van der Waals surface area contributed by atoms with E-state index in [9.17, 15) is 0 Å². The van der Waals surface area contributed by atoms with Crippen LogP contribution in [-0.2, 0) is 27.8 Å². The number of rotatable bonds is 7. The van der Waals surface area contributed by atoms with E-state index in [0.717, 1.165) is 0 Å². The molecule has 2 aliphatic heterocycles. The summed E-state index contributed by atoms with van der Waals surface area (Å²) in [5, 5.41) is 0.195. The highest BCUT2D eigenvalue weighted by molar-refractivity contribution is 6.74.